The highest BCUT2D eigenvalue weighted by atomic mass is 16.5. The molecule has 4 unspecified atom stereocenters. The van der Waals surface area contributed by atoms with E-state index in [1.165, 1.54) is 32.1 Å². The van der Waals surface area contributed by atoms with Gasteiger partial charge in [0.25, 0.3) is 0 Å². The molecule has 2 saturated heterocycles. The molecule has 1 N–H and O–H groups in total. The van der Waals surface area contributed by atoms with Crippen molar-refractivity contribution in [1.29, 1.82) is 0 Å². The van der Waals surface area contributed by atoms with Gasteiger partial charge in [0.05, 0.1) is 42.2 Å². The summed E-state index contributed by atoms with van der Waals surface area (Å²) >= 11 is 0. The number of aliphatic carboxylic acids is 1. The number of unbranched alkanes of at least 4 members (excludes halogenated alkanes) is 2. The number of allylic oxidation sites excluding steroid dienone is 1. The Balaban J connectivity index is 1.18. The monoisotopic (exact) mass is 560 g/mol. The summed E-state index contributed by atoms with van der Waals surface area (Å²) in [4.78, 5) is 12.3. The number of hydrogen-bond donors (Lipinski definition) is 1. The predicted molar refractivity (Wildman–Crippen MR) is 156 cm³/mol. The Morgan fingerprint density at radius 1 is 0.825 bits per heavy atom. The SMILES string of the molecule is CCCC1(CCCCOC(=C(C)C(=O)O)C23CC4CC(CC(OCCCCC5(CCC)CCO5)(C4)C2)C3)CCO1. The van der Waals surface area contributed by atoms with E-state index in [2.05, 4.69) is 13.8 Å². The Bertz CT molecular complexity index is 886. The van der Waals surface area contributed by atoms with Crippen molar-refractivity contribution in [3.8, 4) is 0 Å². The van der Waals surface area contributed by atoms with E-state index in [0.717, 1.165) is 109 Å². The molecule has 4 atom stereocenters. The van der Waals surface area contributed by atoms with Crippen molar-refractivity contribution in [2.24, 2.45) is 17.3 Å². The van der Waals surface area contributed by atoms with Crippen LogP contribution in [0.4, 0.5) is 0 Å². The fraction of sp³-hybridized carbons (Fsp3) is 0.912. The summed E-state index contributed by atoms with van der Waals surface area (Å²) in [5.74, 6) is 1.16. The molecular weight excluding hydrogens is 504 g/mol. The van der Waals surface area contributed by atoms with Crippen LogP contribution in [0.1, 0.15) is 136 Å². The quantitative estimate of drug-likeness (QED) is 0.104. The number of hydrogen-bond acceptors (Lipinski definition) is 5. The van der Waals surface area contributed by atoms with E-state index in [4.69, 9.17) is 18.9 Å². The third-order valence-corrected chi connectivity index (χ3v) is 11.2. The minimum absolute atomic E-state index is 0.0928. The zero-order valence-electron chi connectivity index (χ0n) is 25.7. The molecule has 0 amide bonds. The van der Waals surface area contributed by atoms with Crippen LogP contribution in [0.3, 0.4) is 0 Å². The van der Waals surface area contributed by atoms with Crippen LogP contribution in [0.2, 0.25) is 0 Å². The molecule has 6 fully saturated rings. The van der Waals surface area contributed by atoms with Gasteiger partial charge in [-0.05, 0) is 121 Å². The van der Waals surface area contributed by atoms with Gasteiger partial charge in [0.15, 0.2) is 0 Å². The van der Waals surface area contributed by atoms with Crippen LogP contribution < -0.4 is 0 Å². The normalized spacial score (nSPS) is 38.5. The summed E-state index contributed by atoms with van der Waals surface area (Å²) in [7, 11) is 0. The summed E-state index contributed by atoms with van der Waals surface area (Å²) in [6, 6.07) is 0. The molecule has 0 aromatic heterocycles. The van der Waals surface area contributed by atoms with Crippen LogP contribution in [0.5, 0.6) is 0 Å². The maximum Gasteiger partial charge on any atom is 0.334 e. The molecule has 4 saturated carbocycles. The summed E-state index contributed by atoms with van der Waals surface area (Å²) in [5, 5.41) is 10.1. The second-order valence-electron chi connectivity index (χ2n) is 14.4. The van der Waals surface area contributed by atoms with E-state index in [-0.39, 0.29) is 22.2 Å². The topological polar surface area (TPSA) is 74.2 Å². The first-order chi connectivity index (χ1) is 19.3. The zero-order valence-corrected chi connectivity index (χ0v) is 25.7. The lowest BCUT2D eigenvalue weighted by Gasteiger charge is -2.62. The third-order valence-electron chi connectivity index (χ3n) is 11.2. The number of carbonyl (C=O) groups is 1. The number of carboxylic acids is 1. The van der Waals surface area contributed by atoms with E-state index in [0.29, 0.717) is 24.0 Å². The minimum atomic E-state index is -0.843. The number of ether oxygens (including phenoxy) is 4. The number of carboxylic acid groups (broad SMARTS) is 1. The molecule has 0 aromatic carbocycles. The largest absolute Gasteiger partial charge is 0.497 e. The zero-order chi connectivity index (χ0) is 28.3. The maximum absolute atomic E-state index is 12.3. The van der Waals surface area contributed by atoms with Gasteiger partial charge >= 0.3 is 5.97 Å². The lowest BCUT2D eigenvalue weighted by atomic mass is 9.47. The Labute approximate surface area is 242 Å². The summed E-state index contributed by atoms with van der Waals surface area (Å²) in [6.45, 7) is 9.45. The smallest absolute Gasteiger partial charge is 0.334 e. The van der Waals surface area contributed by atoms with Crippen LogP contribution in [-0.4, -0.2) is 54.3 Å². The Hall–Kier alpha value is -1.11. The summed E-state index contributed by atoms with van der Waals surface area (Å²) in [6.07, 6.45) is 20.1. The van der Waals surface area contributed by atoms with E-state index in [1.807, 2.05) is 0 Å². The van der Waals surface area contributed by atoms with Gasteiger partial charge in [-0.25, -0.2) is 4.79 Å². The van der Waals surface area contributed by atoms with E-state index >= 15 is 0 Å². The first-order valence-corrected chi connectivity index (χ1v) is 16.8. The lowest BCUT2D eigenvalue weighted by Crippen LogP contribution is -2.58. The second-order valence-corrected chi connectivity index (χ2v) is 14.4. The van der Waals surface area contributed by atoms with Gasteiger partial charge in [0, 0.05) is 12.0 Å². The van der Waals surface area contributed by atoms with Gasteiger partial charge in [0.2, 0.25) is 0 Å². The minimum Gasteiger partial charge on any atom is -0.497 e. The molecule has 6 rings (SSSR count). The van der Waals surface area contributed by atoms with Crippen LogP contribution in [0.25, 0.3) is 0 Å². The first-order valence-electron chi connectivity index (χ1n) is 16.8. The molecule has 4 aliphatic carbocycles. The van der Waals surface area contributed by atoms with E-state index < -0.39 is 5.97 Å². The van der Waals surface area contributed by atoms with Crippen LogP contribution >= 0.6 is 0 Å². The van der Waals surface area contributed by atoms with Gasteiger partial charge in [-0.1, -0.05) is 26.7 Å². The van der Waals surface area contributed by atoms with E-state index in [9.17, 15) is 9.90 Å². The van der Waals surface area contributed by atoms with Crippen LogP contribution in [0.15, 0.2) is 11.3 Å². The van der Waals surface area contributed by atoms with Crippen molar-refractivity contribution < 1.29 is 28.8 Å². The molecule has 0 aromatic rings. The van der Waals surface area contributed by atoms with E-state index in [1.54, 1.807) is 6.92 Å². The second kappa shape index (κ2) is 12.6. The Morgan fingerprint density at radius 3 is 1.85 bits per heavy atom. The highest BCUT2D eigenvalue weighted by Gasteiger charge is 2.60. The van der Waals surface area contributed by atoms with Gasteiger partial charge in [-0.3, -0.25) is 0 Å². The fourth-order valence-electron chi connectivity index (χ4n) is 9.66. The van der Waals surface area contributed by atoms with Gasteiger partial charge < -0.3 is 24.1 Å². The van der Waals surface area contributed by atoms with Crippen molar-refractivity contribution in [1.82, 2.24) is 0 Å². The summed E-state index contributed by atoms with van der Waals surface area (Å²) in [5.41, 5.74) is 0.350. The third kappa shape index (κ3) is 6.44. The highest BCUT2D eigenvalue weighted by molar-refractivity contribution is 5.86. The first kappa shape index (κ1) is 30.4. The molecule has 2 aliphatic heterocycles. The van der Waals surface area contributed by atoms with Crippen molar-refractivity contribution in [3.63, 3.8) is 0 Å². The molecule has 6 nitrogen and oxygen atoms in total. The molecule has 2 heterocycles. The van der Waals surface area contributed by atoms with Gasteiger partial charge in [-0.2, -0.15) is 0 Å². The van der Waals surface area contributed by atoms with Crippen LogP contribution in [0, 0.1) is 17.3 Å². The van der Waals surface area contributed by atoms with Gasteiger partial charge in [0.1, 0.15) is 5.76 Å². The molecule has 6 heteroatoms. The van der Waals surface area contributed by atoms with Gasteiger partial charge in [-0.15, -0.1) is 0 Å². The molecule has 4 bridgehead atoms. The number of rotatable bonds is 18. The molecule has 0 spiro atoms. The Kier molecular flexibility index (Phi) is 9.58. The molecular formula is C34H56O6. The summed E-state index contributed by atoms with van der Waals surface area (Å²) < 4.78 is 25.3. The van der Waals surface area contributed by atoms with Crippen molar-refractivity contribution in [2.75, 3.05) is 26.4 Å². The molecule has 228 valence electrons. The maximum atomic E-state index is 12.3. The molecule has 0 radical (unpaired) electrons. The van der Waals surface area contributed by atoms with Crippen molar-refractivity contribution in [2.45, 2.75) is 153 Å². The Morgan fingerprint density at radius 2 is 1.38 bits per heavy atom. The molecule has 40 heavy (non-hydrogen) atoms. The lowest BCUT2D eigenvalue weighted by molar-refractivity contribution is -0.194. The highest BCUT2D eigenvalue weighted by Crippen LogP contribution is 2.65. The van der Waals surface area contributed by atoms with Crippen molar-refractivity contribution in [3.05, 3.63) is 11.3 Å². The predicted octanol–water partition coefficient (Wildman–Crippen LogP) is 7.98. The fourth-order valence-corrected chi connectivity index (χ4v) is 9.66. The molecule has 6 aliphatic rings. The van der Waals surface area contributed by atoms with Crippen LogP contribution in [-0.2, 0) is 23.7 Å². The standard InChI is InChI=1S/C34H56O6/c1-4-10-32(14-18-39-32)12-6-8-16-37-29(26(3)30(35)36)31-21-27-20-28(22-31)24-34(23-27,25-31)38-17-9-7-13-33(11-5-2)15-19-40-33/h27-28H,4-25H2,1-3H3,(H,35,36). The average Bonchev–Trinajstić information content (AvgIpc) is 2.86. The van der Waals surface area contributed by atoms with Crippen molar-refractivity contribution >= 4 is 5.97 Å². The average molecular weight is 561 g/mol.